The first-order valence-corrected chi connectivity index (χ1v) is 15.6. The molecule has 0 bridgehead atoms. The first-order chi connectivity index (χ1) is 20.2. The van der Waals surface area contributed by atoms with Crippen LogP contribution in [-0.2, 0) is 14.4 Å². The lowest BCUT2D eigenvalue weighted by Crippen LogP contribution is -2.55. The van der Waals surface area contributed by atoms with Crippen LogP contribution in [0.5, 0.6) is 0 Å². The molecule has 1 aromatic carbocycles. The number of benzene rings is 1. The van der Waals surface area contributed by atoms with Gasteiger partial charge in [-0.1, -0.05) is 44.2 Å². The van der Waals surface area contributed by atoms with Gasteiger partial charge in [-0.25, -0.2) is 4.98 Å². The first kappa shape index (κ1) is 31.4. The third-order valence-electron chi connectivity index (χ3n) is 8.01. The zero-order valence-corrected chi connectivity index (χ0v) is 24.6. The van der Waals surface area contributed by atoms with Gasteiger partial charge in [0, 0.05) is 13.1 Å². The van der Waals surface area contributed by atoms with Gasteiger partial charge in [-0.3, -0.25) is 29.5 Å². The molecule has 1 aliphatic heterocycles. The predicted molar refractivity (Wildman–Crippen MR) is 161 cm³/mol. The summed E-state index contributed by atoms with van der Waals surface area (Å²) in [7, 11) is 0. The number of amides is 2. The molecule has 228 valence electrons. The highest BCUT2D eigenvalue weighted by molar-refractivity contribution is 7.20. The van der Waals surface area contributed by atoms with Crippen LogP contribution in [0.1, 0.15) is 74.0 Å². The number of nitrogens with zero attached hydrogens (tertiary/aromatic N) is 3. The van der Waals surface area contributed by atoms with Crippen LogP contribution in [0.2, 0.25) is 0 Å². The maximum absolute atomic E-state index is 13.7. The predicted octanol–water partition coefficient (Wildman–Crippen LogP) is 2.02. The number of thiazole rings is 1. The van der Waals surface area contributed by atoms with E-state index in [0.29, 0.717) is 61.6 Å². The summed E-state index contributed by atoms with van der Waals surface area (Å²) in [5.41, 5.74) is 11.6. The Balaban J connectivity index is 1.48. The van der Waals surface area contributed by atoms with Gasteiger partial charge >= 0.3 is 5.97 Å². The van der Waals surface area contributed by atoms with Gasteiger partial charge in [0.25, 0.3) is 0 Å². The van der Waals surface area contributed by atoms with Crippen molar-refractivity contribution in [3.05, 3.63) is 29.3 Å². The molecule has 2 fully saturated rings. The number of fused-ring (bicyclic) bond motifs is 1. The summed E-state index contributed by atoms with van der Waals surface area (Å²) in [6.45, 7) is 0.365. The molecular weight excluding hydrogens is 558 g/mol. The Morgan fingerprint density at radius 3 is 2.55 bits per heavy atom. The molecule has 2 amide bonds. The normalized spacial score (nSPS) is 18.9. The fourth-order valence-corrected chi connectivity index (χ4v) is 6.87. The number of hydrogen-bond acceptors (Lipinski definition) is 8. The Labute approximate surface area is 249 Å². The highest BCUT2D eigenvalue weighted by atomic mass is 32.1. The van der Waals surface area contributed by atoms with E-state index in [1.807, 2.05) is 24.3 Å². The van der Waals surface area contributed by atoms with E-state index in [0.717, 1.165) is 30.4 Å². The molecular formula is C29H41N7O5S. The maximum Gasteiger partial charge on any atom is 0.317 e. The Hall–Kier alpha value is -3.58. The molecule has 3 atom stereocenters. The molecule has 1 aliphatic carbocycles. The number of ketones is 1. The Bertz CT molecular complexity index is 1260. The second-order valence-corrected chi connectivity index (χ2v) is 12.1. The van der Waals surface area contributed by atoms with Crippen molar-refractivity contribution in [2.75, 3.05) is 19.6 Å². The molecule has 13 heteroatoms. The summed E-state index contributed by atoms with van der Waals surface area (Å²) in [5.74, 6) is -1.72. The molecule has 7 N–H and O–H groups in total. The summed E-state index contributed by atoms with van der Waals surface area (Å²) in [6.07, 6.45) is 7.80. The standard InChI is InChI=1S/C29H41N7O5S/c30-29(31)32-14-6-11-20(25(39)27-35-19-10-4-5-13-23(19)42-27)34-26(40)22-12-7-15-36(22)28(41)21(33-17-24(37)38)16-18-8-2-1-3-9-18/h4-5,10,13,18,20-22,33H,1-3,6-9,11-12,14-17H2,(H,34,40)(H,37,38)(H4,30,31,32). The smallest absolute Gasteiger partial charge is 0.317 e. The minimum absolute atomic E-state index is 0.0486. The minimum atomic E-state index is -1.04. The zero-order chi connectivity index (χ0) is 30.1. The van der Waals surface area contributed by atoms with Gasteiger partial charge in [-0.2, -0.15) is 0 Å². The lowest BCUT2D eigenvalue weighted by atomic mass is 9.84. The minimum Gasteiger partial charge on any atom is -0.480 e. The number of aliphatic carboxylic acids is 1. The van der Waals surface area contributed by atoms with Crippen LogP contribution in [0.25, 0.3) is 10.2 Å². The molecule has 2 aliphatic rings. The Morgan fingerprint density at radius 2 is 1.83 bits per heavy atom. The second-order valence-electron chi connectivity index (χ2n) is 11.1. The van der Waals surface area contributed by atoms with Gasteiger partial charge in [0.15, 0.2) is 11.0 Å². The van der Waals surface area contributed by atoms with Gasteiger partial charge in [-0.15, -0.1) is 11.3 Å². The van der Waals surface area contributed by atoms with Crippen molar-refractivity contribution >= 4 is 51.1 Å². The number of carbonyl (C=O) groups is 4. The molecule has 0 radical (unpaired) electrons. The van der Waals surface area contributed by atoms with Crippen LogP contribution in [0.3, 0.4) is 0 Å². The van der Waals surface area contributed by atoms with Crippen LogP contribution in [0.4, 0.5) is 0 Å². The monoisotopic (exact) mass is 599 g/mol. The van der Waals surface area contributed by atoms with Crippen molar-refractivity contribution in [1.82, 2.24) is 20.5 Å². The summed E-state index contributed by atoms with van der Waals surface area (Å²) in [6, 6.07) is 5.15. The number of rotatable bonds is 14. The first-order valence-electron chi connectivity index (χ1n) is 14.7. The number of aliphatic imine (C=N–C) groups is 1. The number of nitrogens with two attached hydrogens (primary N) is 2. The Kier molecular flexibility index (Phi) is 11.2. The number of carboxylic acid groups (broad SMARTS) is 1. The summed E-state index contributed by atoms with van der Waals surface area (Å²) < 4.78 is 0.872. The number of hydrogen-bond donors (Lipinski definition) is 5. The van der Waals surface area contributed by atoms with Crippen molar-refractivity contribution < 1.29 is 24.3 Å². The van der Waals surface area contributed by atoms with Crippen molar-refractivity contribution in [2.45, 2.75) is 82.3 Å². The van der Waals surface area contributed by atoms with E-state index in [1.165, 1.54) is 17.8 Å². The topological polar surface area (TPSA) is 193 Å². The van der Waals surface area contributed by atoms with Gasteiger partial charge in [0.2, 0.25) is 17.6 Å². The van der Waals surface area contributed by atoms with Crippen molar-refractivity contribution in [2.24, 2.45) is 22.4 Å². The molecule has 1 aromatic heterocycles. The summed E-state index contributed by atoms with van der Waals surface area (Å²) in [4.78, 5) is 62.3. The molecule has 3 unspecified atom stereocenters. The molecule has 12 nitrogen and oxygen atoms in total. The number of guanidine groups is 1. The van der Waals surface area contributed by atoms with Crippen molar-refractivity contribution in [3.63, 3.8) is 0 Å². The average Bonchev–Trinajstić information content (AvgIpc) is 3.64. The zero-order valence-electron chi connectivity index (χ0n) is 23.8. The lowest BCUT2D eigenvalue weighted by Gasteiger charge is -2.32. The summed E-state index contributed by atoms with van der Waals surface area (Å²) >= 11 is 1.27. The lowest BCUT2D eigenvalue weighted by molar-refractivity contribution is -0.141. The quantitative estimate of drug-likeness (QED) is 0.0935. The number of nitrogens with one attached hydrogen (secondary N) is 2. The number of aromatic nitrogens is 1. The number of carbonyl (C=O) groups excluding carboxylic acids is 3. The number of likely N-dealkylation sites (tertiary alicyclic amines) is 1. The average molecular weight is 600 g/mol. The van der Waals surface area contributed by atoms with Gasteiger partial charge in [-0.05, 0) is 50.2 Å². The molecule has 1 saturated carbocycles. The fourth-order valence-electron chi connectivity index (χ4n) is 5.91. The van der Waals surface area contributed by atoms with E-state index in [4.69, 9.17) is 11.5 Å². The maximum atomic E-state index is 13.7. The third-order valence-corrected chi connectivity index (χ3v) is 9.06. The van der Waals surface area contributed by atoms with E-state index < -0.39 is 30.0 Å². The fraction of sp³-hybridized carbons (Fsp3) is 0.586. The van der Waals surface area contributed by atoms with E-state index in [9.17, 15) is 24.3 Å². The van der Waals surface area contributed by atoms with E-state index in [2.05, 4.69) is 20.6 Å². The number of para-hydroxylation sites is 1. The third kappa shape index (κ3) is 8.48. The van der Waals surface area contributed by atoms with Crippen LogP contribution < -0.4 is 22.1 Å². The molecule has 1 saturated heterocycles. The van der Waals surface area contributed by atoms with E-state index in [-0.39, 0.29) is 24.2 Å². The Morgan fingerprint density at radius 1 is 1.07 bits per heavy atom. The summed E-state index contributed by atoms with van der Waals surface area (Å²) in [5, 5.41) is 15.4. The van der Waals surface area contributed by atoms with Crippen LogP contribution in [-0.4, -0.2) is 82.3 Å². The molecule has 2 aromatic rings. The van der Waals surface area contributed by atoms with Gasteiger partial charge < -0.3 is 26.8 Å². The van der Waals surface area contributed by atoms with E-state index >= 15 is 0 Å². The van der Waals surface area contributed by atoms with E-state index in [1.54, 1.807) is 4.90 Å². The van der Waals surface area contributed by atoms with Crippen molar-refractivity contribution in [1.29, 1.82) is 0 Å². The second kappa shape index (κ2) is 15.1. The van der Waals surface area contributed by atoms with Crippen LogP contribution >= 0.6 is 11.3 Å². The molecule has 4 rings (SSSR count). The van der Waals surface area contributed by atoms with Gasteiger partial charge in [0.1, 0.15) is 6.04 Å². The van der Waals surface area contributed by atoms with Crippen molar-refractivity contribution in [3.8, 4) is 0 Å². The van der Waals surface area contributed by atoms with Gasteiger partial charge in [0.05, 0.1) is 28.8 Å². The molecule has 0 spiro atoms. The largest absolute Gasteiger partial charge is 0.480 e. The molecule has 42 heavy (non-hydrogen) atoms. The highest BCUT2D eigenvalue weighted by Crippen LogP contribution is 2.29. The van der Waals surface area contributed by atoms with Crippen LogP contribution in [0.15, 0.2) is 29.3 Å². The highest BCUT2D eigenvalue weighted by Gasteiger charge is 2.39. The number of carboxylic acids is 1. The number of Topliss-reactive ketones (excluding diaryl/α,β-unsaturated/α-hetero) is 1. The molecule has 2 heterocycles. The SMILES string of the molecule is NC(N)=NCCCC(NC(=O)C1CCCN1C(=O)C(CC1CCCCC1)NCC(=O)O)C(=O)c1nc2ccccc2s1. The van der Waals surface area contributed by atoms with Crippen LogP contribution in [0, 0.1) is 5.92 Å².